The SMILES string of the molecule is COc1cc2c(cc1C(C)C)CCC1C(C)(C)C(=O)CC(=O)[C@]21C. The maximum atomic E-state index is 13.0. The second-order valence-corrected chi connectivity index (χ2v) is 8.44. The summed E-state index contributed by atoms with van der Waals surface area (Å²) in [4.78, 5) is 25.4. The maximum absolute atomic E-state index is 13.0. The van der Waals surface area contributed by atoms with Crippen molar-refractivity contribution in [2.75, 3.05) is 7.11 Å². The van der Waals surface area contributed by atoms with Crippen LogP contribution in [0.5, 0.6) is 5.75 Å². The lowest BCUT2D eigenvalue weighted by Crippen LogP contribution is -2.57. The number of carbonyl (C=O) groups excluding carboxylic acids is 2. The van der Waals surface area contributed by atoms with Crippen LogP contribution < -0.4 is 4.74 Å². The summed E-state index contributed by atoms with van der Waals surface area (Å²) in [6.45, 7) is 10.4. The van der Waals surface area contributed by atoms with Crippen LogP contribution in [0.1, 0.15) is 70.1 Å². The van der Waals surface area contributed by atoms with Gasteiger partial charge < -0.3 is 4.74 Å². The van der Waals surface area contributed by atoms with Crippen molar-refractivity contribution in [1.29, 1.82) is 0 Å². The quantitative estimate of drug-likeness (QED) is 0.764. The van der Waals surface area contributed by atoms with E-state index in [1.165, 1.54) is 11.1 Å². The minimum Gasteiger partial charge on any atom is -0.496 e. The van der Waals surface area contributed by atoms with E-state index in [-0.39, 0.29) is 23.9 Å². The molecular weight excluding hydrogens is 300 g/mol. The molecule has 0 heterocycles. The zero-order chi connectivity index (χ0) is 17.9. The van der Waals surface area contributed by atoms with Crippen molar-refractivity contribution in [3.05, 3.63) is 28.8 Å². The summed E-state index contributed by atoms with van der Waals surface area (Å²) in [6, 6.07) is 4.29. The van der Waals surface area contributed by atoms with Gasteiger partial charge in [0.2, 0.25) is 0 Å². The lowest BCUT2D eigenvalue weighted by atomic mass is 9.49. The standard InChI is InChI=1S/C21H28O3/c1-12(2)14-9-13-7-8-17-20(3,4)18(22)11-19(23)21(17,5)15(13)10-16(14)24-6/h9-10,12,17H,7-8,11H2,1-6H3/t17?,21-/m1/s1. The van der Waals surface area contributed by atoms with Crippen molar-refractivity contribution in [2.24, 2.45) is 11.3 Å². The normalized spacial score (nSPS) is 28.5. The van der Waals surface area contributed by atoms with Gasteiger partial charge in [-0.2, -0.15) is 0 Å². The molecule has 0 radical (unpaired) electrons. The summed E-state index contributed by atoms with van der Waals surface area (Å²) in [6.07, 6.45) is 1.86. The van der Waals surface area contributed by atoms with E-state index in [0.29, 0.717) is 5.92 Å². The van der Waals surface area contributed by atoms with Crippen LogP contribution in [0.2, 0.25) is 0 Å². The summed E-state index contributed by atoms with van der Waals surface area (Å²) in [5.74, 6) is 1.44. The molecule has 0 spiro atoms. The summed E-state index contributed by atoms with van der Waals surface area (Å²) < 4.78 is 5.63. The minimum absolute atomic E-state index is 0.0493. The Morgan fingerprint density at radius 2 is 1.79 bits per heavy atom. The van der Waals surface area contributed by atoms with E-state index in [2.05, 4.69) is 26.0 Å². The van der Waals surface area contributed by atoms with E-state index in [1.54, 1.807) is 7.11 Å². The average Bonchev–Trinajstić information content (AvgIpc) is 2.52. The first-order chi connectivity index (χ1) is 11.1. The number of hydrogen-bond donors (Lipinski definition) is 0. The van der Waals surface area contributed by atoms with Crippen LogP contribution in [-0.2, 0) is 21.4 Å². The average molecular weight is 328 g/mol. The van der Waals surface area contributed by atoms with Crippen molar-refractivity contribution in [3.8, 4) is 5.75 Å². The fraction of sp³-hybridized carbons (Fsp3) is 0.619. The molecule has 1 saturated carbocycles. The number of benzene rings is 1. The van der Waals surface area contributed by atoms with Gasteiger partial charge in [0.05, 0.1) is 18.9 Å². The highest BCUT2D eigenvalue weighted by atomic mass is 16.5. The first kappa shape index (κ1) is 17.2. The molecule has 0 aliphatic heterocycles. The summed E-state index contributed by atoms with van der Waals surface area (Å²) >= 11 is 0. The Morgan fingerprint density at radius 1 is 1.12 bits per heavy atom. The van der Waals surface area contributed by atoms with E-state index in [1.807, 2.05) is 20.8 Å². The van der Waals surface area contributed by atoms with Crippen molar-refractivity contribution >= 4 is 11.6 Å². The number of ketones is 2. The summed E-state index contributed by atoms with van der Waals surface area (Å²) in [5.41, 5.74) is 2.47. The fourth-order valence-corrected chi connectivity index (χ4v) is 4.92. The van der Waals surface area contributed by atoms with Crippen molar-refractivity contribution in [2.45, 2.75) is 65.2 Å². The Bertz CT molecular complexity index is 714. The third kappa shape index (κ3) is 2.17. The van der Waals surface area contributed by atoms with Gasteiger partial charge in [-0.1, -0.05) is 33.8 Å². The number of hydrogen-bond acceptors (Lipinski definition) is 3. The van der Waals surface area contributed by atoms with Crippen molar-refractivity contribution in [3.63, 3.8) is 0 Å². The van der Waals surface area contributed by atoms with Gasteiger partial charge in [0, 0.05) is 5.41 Å². The fourth-order valence-electron chi connectivity index (χ4n) is 4.92. The molecule has 1 unspecified atom stereocenters. The maximum Gasteiger partial charge on any atom is 0.150 e. The first-order valence-corrected chi connectivity index (χ1v) is 8.91. The highest BCUT2D eigenvalue weighted by Gasteiger charge is 2.58. The van der Waals surface area contributed by atoms with Gasteiger partial charge in [0.15, 0.2) is 5.78 Å². The lowest BCUT2D eigenvalue weighted by molar-refractivity contribution is -0.147. The van der Waals surface area contributed by atoms with E-state index >= 15 is 0 Å². The molecular formula is C21H28O3. The third-order valence-corrected chi connectivity index (χ3v) is 6.53. The number of ether oxygens (including phenoxy) is 1. The van der Waals surface area contributed by atoms with Crippen LogP contribution in [0.15, 0.2) is 12.1 Å². The first-order valence-electron chi connectivity index (χ1n) is 8.91. The van der Waals surface area contributed by atoms with Crippen LogP contribution in [0.4, 0.5) is 0 Å². The Labute approximate surface area is 144 Å². The van der Waals surface area contributed by atoms with Gasteiger partial charge in [0.1, 0.15) is 11.5 Å². The van der Waals surface area contributed by atoms with Crippen LogP contribution in [0.25, 0.3) is 0 Å². The van der Waals surface area contributed by atoms with Gasteiger partial charge >= 0.3 is 0 Å². The van der Waals surface area contributed by atoms with Crippen LogP contribution >= 0.6 is 0 Å². The Morgan fingerprint density at radius 3 is 2.38 bits per heavy atom. The molecule has 0 aromatic heterocycles. The number of rotatable bonds is 2. The molecule has 2 atom stereocenters. The Hall–Kier alpha value is -1.64. The molecule has 1 fully saturated rings. The number of methoxy groups -OCH3 is 1. The zero-order valence-electron chi connectivity index (χ0n) is 15.7. The van der Waals surface area contributed by atoms with Gasteiger partial charge in [-0.05, 0) is 54.4 Å². The largest absolute Gasteiger partial charge is 0.496 e. The molecule has 3 rings (SSSR count). The Balaban J connectivity index is 2.22. The molecule has 0 N–H and O–H groups in total. The number of carbonyl (C=O) groups is 2. The molecule has 0 bridgehead atoms. The molecule has 2 aliphatic rings. The van der Waals surface area contributed by atoms with Gasteiger partial charge in [0.25, 0.3) is 0 Å². The molecule has 3 nitrogen and oxygen atoms in total. The van der Waals surface area contributed by atoms with Gasteiger partial charge in [-0.25, -0.2) is 0 Å². The second kappa shape index (κ2) is 5.44. The number of fused-ring (bicyclic) bond motifs is 3. The zero-order valence-corrected chi connectivity index (χ0v) is 15.7. The lowest BCUT2D eigenvalue weighted by Gasteiger charge is -2.52. The summed E-state index contributed by atoms with van der Waals surface area (Å²) in [5, 5.41) is 0. The van der Waals surface area contributed by atoms with E-state index < -0.39 is 10.8 Å². The van der Waals surface area contributed by atoms with E-state index in [9.17, 15) is 9.59 Å². The van der Waals surface area contributed by atoms with Gasteiger partial charge in [-0.15, -0.1) is 0 Å². The number of aryl methyl sites for hydroxylation is 1. The smallest absolute Gasteiger partial charge is 0.150 e. The van der Waals surface area contributed by atoms with E-state index in [0.717, 1.165) is 24.2 Å². The predicted molar refractivity (Wildman–Crippen MR) is 94.7 cm³/mol. The number of Topliss-reactive ketones (excluding diaryl/α,β-unsaturated/α-hetero) is 2. The molecule has 2 aliphatic carbocycles. The second-order valence-electron chi connectivity index (χ2n) is 8.44. The minimum atomic E-state index is -0.590. The molecule has 3 heteroatoms. The Kier molecular flexibility index (Phi) is 3.89. The topological polar surface area (TPSA) is 43.4 Å². The molecule has 24 heavy (non-hydrogen) atoms. The molecule has 130 valence electrons. The highest BCUT2D eigenvalue weighted by Crippen LogP contribution is 2.55. The van der Waals surface area contributed by atoms with Crippen molar-refractivity contribution in [1.82, 2.24) is 0 Å². The van der Waals surface area contributed by atoms with Crippen LogP contribution in [0.3, 0.4) is 0 Å². The molecule has 1 aromatic rings. The predicted octanol–water partition coefficient (Wildman–Crippen LogP) is 4.21. The highest BCUT2D eigenvalue weighted by molar-refractivity contribution is 6.09. The van der Waals surface area contributed by atoms with Crippen LogP contribution in [0, 0.1) is 11.3 Å². The molecule has 0 saturated heterocycles. The van der Waals surface area contributed by atoms with Crippen LogP contribution in [-0.4, -0.2) is 18.7 Å². The van der Waals surface area contributed by atoms with E-state index in [4.69, 9.17) is 4.74 Å². The van der Waals surface area contributed by atoms with Gasteiger partial charge in [-0.3, -0.25) is 9.59 Å². The molecule has 0 amide bonds. The summed E-state index contributed by atoms with van der Waals surface area (Å²) in [7, 11) is 1.69. The molecule has 1 aromatic carbocycles. The third-order valence-electron chi connectivity index (χ3n) is 6.53. The monoisotopic (exact) mass is 328 g/mol. The van der Waals surface area contributed by atoms with Crippen molar-refractivity contribution < 1.29 is 14.3 Å².